The van der Waals surface area contributed by atoms with E-state index in [4.69, 9.17) is 13.9 Å². The fraction of sp³-hybridized carbons (Fsp3) is 0.176. The van der Waals surface area contributed by atoms with Crippen molar-refractivity contribution in [3.63, 3.8) is 0 Å². The smallest absolute Gasteiger partial charge is 0.411 e. The zero-order valence-electron chi connectivity index (χ0n) is 13.2. The Balaban J connectivity index is 1.64. The van der Waals surface area contributed by atoms with Crippen molar-refractivity contribution in [2.75, 3.05) is 19.5 Å². The summed E-state index contributed by atoms with van der Waals surface area (Å²) in [4.78, 5) is 15.5. The van der Waals surface area contributed by atoms with Gasteiger partial charge in [0.2, 0.25) is 5.89 Å². The van der Waals surface area contributed by atoms with Crippen molar-refractivity contribution in [2.24, 2.45) is 0 Å². The second-order valence-corrected chi connectivity index (χ2v) is 4.87. The Hall–Kier alpha value is -3.22. The van der Waals surface area contributed by atoms with Crippen LogP contribution in [0.5, 0.6) is 11.5 Å². The van der Waals surface area contributed by atoms with Gasteiger partial charge in [-0.3, -0.25) is 5.32 Å². The quantitative estimate of drug-likeness (QED) is 0.770. The molecule has 2 aromatic carbocycles. The molecule has 0 aliphatic rings. The molecule has 0 aliphatic carbocycles. The fourth-order valence-electron chi connectivity index (χ4n) is 2.09. The van der Waals surface area contributed by atoms with E-state index < -0.39 is 6.09 Å². The highest BCUT2D eigenvalue weighted by Crippen LogP contribution is 2.22. The van der Waals surface area contributed by atoms with E-state index in [0.29, 0.717) is 28.4 Å². The van der Waals surface area contributed by atoms with Gasteiger partial charge in [0, 0.05) is 11.8 Å². The molecule has 0 bridgehead atoms. The SMILES string of the molecule is COC(=O)Nc1ccc(OCc2nc3cc(OC)ccc3o2)cc1. The number of amides is 1. The number of rotatable bonds is 5. The number of oxazole rings is 1. The number of fused-ring (bicyclic) bond motifs is 1. The summed E-state index contributed by atoms with van der Waals surface area (Å²) < 4.78 is 20.9. The van der Waals surface area contributed by atoms with E-state index in [2.05, 4.69) is 15.0 Å². The monoisotopic (exact) mass is 328 g/mol. The number of carbonyl (C=O) groups excluding carboxylic acids is 1. The van der Waals surface area contributed by atoms with Crippen molar-refractivity contribution in [3.05, 3.63) is 48.4 Å². The number of benzene rings is 2. The van der Waals surface area contributed by atoms with Gasteiger partial charge in [-0.25, -0.2) is 9.78 Å². The number of anilines is 1. The molecule has 124 valence electrons. The summed E-state index contributed by atoms with van der Waals surface area (Å²) in [6.45, 7) is 0.195. The molecule has 3 aromatic rings. The van der Waals surface area contributed by atoms with Crippen LogP contribution in [0.4, 0.5) is 10.5 Å². The van der Waals surface area contributed by atoms with Crippen LogP contribution in [0.15, 0.2) is 46.9 Å². The van der Waals surface area contributed by atoms with E-state index in [9.17, 15) is 4.79 Å². The molecule has 7 nitrogen and oxygen atoms in total. The van der Waals surface area contributed by atoms with Crippen molar-refractivity contribution in [3.8, 4) is 11.5 Å². The normalized spacial score (nSPS) is 10.4. The van der Waals surface area contributed by atoms with Crippen molar-refractivity contribution >= 4 is 22.9 Å². The minimum atomic E-state index is -0.523. The first kappa shape index (κ1) is 15.7. The molecule has 0 atom stereocenters. The van der Waals surface area contributed by atoms with Gasteiger partial charge in [-0.2, -0.15) is 0 Å². The Labute approximate surface area is 138 Å². The second-order valence-electron chi connectivity index (χ2n) is 4.87. The Morgan fingerprint density at radius 3 is 2.58 bits per heavy atom. The topological polar surface area (TPSA) is 82.8 Å². The Morgan fingerprint density at radius 1 is 1.12 bits per heavy atom. The molecule has 0 aliphatic heterocycles. The van der Waals surface area contributed by atoms with Gasteiger partial charge in [0.1, 0.15) is 17.0 Å². The summed E-state index contributed by atoms with van der Waals surface area (Å²) in [5, 5.41) is 2.56. The lowest BCUT2D eigenvalue weighted by Crippen LogP contribution is -2.10. The molecular formula is C17H16N2O5. The summed E-state index contributed by atoms with van der Waals surface area (Å²) >= 11 is 0. The highest BCUT2D eigenvalue weighted by Gasteiger charge is 2.08. The van der Waals surface area contributed by atoms with E-state index in [1.807, 2.05) is 6.07 Å². The van der Waals surface area contributed by atoms with Crippen LogP contribution >= 0.6 is 0 Å². The Morgan fingerprint density at radius 2 is 1.88 bits per heavy atom. The van der Waals surface area contributed by atoms with Gasteiger partial charge >= 0.3 is 6.09 Å². The van der Waals surface area contributed by atoms with Gasteiger partial charge in [-0.15, -0.1) is 0 Å². The number of hydrogen-bond donors (Lipinski definition) is 1. The number of nitrogens with one attached hydrogen (secondary N) is 1. The number of hydrogen-bond acceptors (Lipinski definition) is 6. The average molecular weight is 328 g/mol. The predicted octanol–water partition coefficient (Wildman–Crippen LogP) is 3.59. The van der Waals surface area contributed by atoms with Crippen molar-refractivity contribution < 1.29 is 23.4 Å². The van der Waals surface area contributed by atoms with Crippen LogP contribution in [0.25, 0.3) is 11.1 Å². The summed E-state index contributed by atoms with van der Waals surface area (Å²) in [5.74, 6) is 1.82. The minimum absolute atomic E-state index is 0.195. The lowest BCUT2D eigenvalue weighted by Gasteiger charge is -2.06. The van der Waals surface area contributed by atoms with Crippen LogP contribution in [-0.2, 0) is 11.3 Å². The third-order valence-electron chi connectivity index (χ3n) is 3.29. The van der Waals surface area contributed by atoms with E-state index in [0.717, 1.165) is 5.75 Å². The van der Waals surface area contributed by atoms with Gasteiger partial charge in [0.05, 0.1) is 14.2 Å². The molecule has 0 radical (unpaired) electrons. The van der Waals surface area contributed by atoms with E-state index in [-0.39, 0.29) is 6.61 Å². The molecule has 1 heterocycles. The van der Waals surface area contributed by atoms with Crippen molar-refractivity contribution in [2.45, 2.75) is 6.61 Å². The van der Waals surface area contributed by atoms with Crippen molar-refractivity contribution in [1.29, 1.82) is 0 Å². The number of aromatic nitrogens is 1. The first-order chi connectivity index (χ1) is 11.7. The van der Waals surface area contributed by atoms with E-state index >= 15 is 0 Å². The number of nitrogens with zero attached hydrogens (tertiary/aromatic N) is 1. The zero-order valence-corrected chi connectivity index (χ0v) is 13.2. The van der Waals surface area contributed by atoms with Gasteiger partial charge in [0.15, 0.2) is 12.2 Å². The summed E-state index contributed by atoms with van der Waals surface area (Å²) in [6, 6.07) is 12.3. The maximum Gasteiger partial charge on any atom is 0.411 e. The number of carbonyl (C=O) groups is 1. The molecule has 1 N–H and O–H groups in total. The maximum atomic E-state index is 11.1. The van der Waals surface area contributed by atoms with Crippen LogP contribution in [-0.4, -0.2) is 25.3 Å². The summed E-state index contributed by atoms with van der Waals surface area (Å²) in [5.41, 5.74) is 2.00. The predicted molar refractivity (Wildman–Crippen MR) is 87.4 cm³/mol. The first-order valence-electron chi connectivity index (χ1n) is 7.19. The van der Waals surface area contributed by atoms with E-state index in [1.54, 1.807) is 43.5 Å². The molecule has 1 amide bonds. The van der Waals surface area contributed by atoms with Crippen LogP contribution < -0.4 is 14.8 Å². The molecule has 0 fully saturated rings. The van der Waals surface area contributed by atoms with Crippen LogP contribution in [0.3, 0.4) is 0 Å². The largest absolute Gasteiger partial charge is 0.497 e. The summed E-state index contributed by atoms with van der Waals surface area (Å²) in [6.07, 6.45) is -0.523. The highest BCUT2D eigenvalue weighted by atomic mass is 16.5. The second kappa shape index (κ2) is 6.91. The first-order valence-corrected chi connectivity index (χ1v) is 7.19. The Kier molecular flexibility index (Phi) is 4.51. The molecule has 0 saturated heterocycles. The lowest BCUT2D eigenvalue weighted by atomic mass is 10.3. The fourth-order valence-corrected chi connectivity index (χ4v) is 2.09. The van der Waals surface area contributed by atoms with Gasteiger partial charge < -0.3 is 18.6 Å². The van der Waals surface area contributed by atoms with Crippen molar-refractivity contribution in [1.82, 2.24) is 4.98 Å². The molecule has 7 heteroatoms. The molecule has 3 rings (SSSR count). The maximum absolute atomic E-state index is 11.1. The van der Waals surface area contributed by atoms with Gasteiger partial charge in [0.25, 0.3) is 0 Å². The minimum Gasteiger partial charge on any atom is -0.497 e. The molecule has 24 heavy (non-hydrogen) atoms. The van der Waals surface area contributed by atoms with Crippen LogP contribution in [0.1, 0.15) is 5.89 Å². The highest BCUT2D eigenvalue weighted by molar-refractivity contribution is 5.84. The molecule has 0 unspecified atom stereocenters. The molecule has 0 saturated carbocycles. The summed E-state index contributed by atoms with van der Waals surface area (Å²) in [7, 11) is 2.91. The molecular weight excluding hydrogens is 312 g/mol. The van der Waals surface area contributed by atoms with Gasteiger partial charge in [-0.05, 0) is 36.4 Å². The lowest BCUT2D eigenvalue weighted by molar-refractivity contribution is 0.187. The average Bonchev–Trinajstić information content (AvgIpc) is 3.02. The molecule has 1 aromatic heterocycles. The standard InChI is InChI=1S/C17H16N2O5/c1-21-13-7-8-15-14(9-13)19-16(24-15)10-23-12-5-3-11(4-6-12)18-17(20)22-2/h3-9H,10H2,1-2H3,(H,18,20). The molecule has 0 spiro atoms. The third kappa shape index (κ3) is 3.57. The van der Waals surface area contributed by atoms with Gasteiger partial charge in [-0.1, -0.05) is 0 Å². The van der Waals surface area contributed by atoms with Crippen LogP contribution in [0.2, 0.25) is 0 Å². The third-order valence-corrected chi connectivity index (χ3v) is 3.29. The number of ether oxygens (including phenoxy) is 3. The zero-order chi connectivity index (χ0) is 16.9. The Bertz CT molecular complexity index is 842. The number of methoxy groups -OCH3 is 2. The van der Waals surface area contributed by atoms with Crippen LogP contribution in [0, 0.1) is 0 Å². The van der Waals surface area contributed by atoms with E-state index in [1.165, 1.54) is 7.11 Å².